The van der Waals surface area contributed by atoms with Crippen molar-refractivity contribution in [3.05, 3.63) is 23.9 Å². The molecule has 1 aromatic heterocycles. The zero-order valence-corrected chi connectivity index (χ0v) is 13.3. The van der Waals surface area contributed by atoms with Gasteiger partial charge in [-0.3, -0.25) is 4.79 Å². The van der Waals surface area contributed by atoms with Crippen molar-refractivity contribution in [1.82, 2.24) is 9.88 Å². The molecule has 2 saturated heterocycles. The summed E-state index contributed by atoms with van der Waals surface area (Å²) in [6.07, 6.45) is 4.71. The third-order valence-corrected chi connectivity index (χ3v) is 4.67. The van der Waals surface area contributed by atoms with Gasteiger partial charge >= 0.3 is 0 Å². The highest BCUT2D eigenvalue weighted by Gasteiger charge is 2.25. The zero-order valence-electron chi connectivity index (χ0n) is 13.3. The number of pyridine rings is 1. The highest BCUT2D eigenvalue weighted by molar-refractivity contribution is 5.76. The Hall–Kier alpha value is -1.62. The van der Waals surface area contributed by atoms with Crippen molar-refractivity contribution in [1.29, 1.82) is 0 Å². The van der Waals surface area contributed by atoms with E-state index in [0.717, 1.165) is 44.8 Å². The first kappa shape index (κ1) is 15.3. The molecular weight excluding hydrogens is 278 g/mol. The van der Waals surface area contributed by atoms with E-state index in [1.165, 1.54) is 5.56 Å². The number of hydrogen-bond acceptors (Lipinski definition) is 4. The molecule has 2 aliphatic rings. The van der Waals surface area contributed by atoms with Crippen LogP contribution in [0.2, 0.25) is 0 Å². The van der Waals surface area contributed by atoms with E-state index < -0.39 is 0 Å². The van der Waals surface area contributed by atoms with Gasteiger partial charge in [-0.1, -0.05) is 0 Å². The third-order valence-electron chi connectivity index (χ3n) is 4.67. The first-order valence-electron chi connectivity index (χ1n) is 8.25. The number of nitrogens with zero attached hydrogens (tertiary/aromatic N) is 3. The predicted octanol–water partition coefficient (Wildman–Crippen LogP) is 1.86. The van der Waals surface area contributed by atoms with Crippen molar-refractivity contribution in [2.45, 2.75) is 26.2 Å². The van der Waals surface area contributed by atoms with Crippen LogP contribution in [0.25, 0.3) is 0 Å². The average molecular weight is 303 g/mol. The quantitative estimate of drug-likeness (QED) is 0.855. The Bertz CT molecular complexity index is 506. The molecule has 1 aromatic rings. The van der Waals surface area contributed by atoms with E-state index in [2.05, 4.69) is 22.9 Å². The van der Waals surface area contributed by atoms with Crippen LogP contribution in [-0.2, 0) is 9.53 Å². The molecule has 3 heterocycles. The Morgan fingerprint density at radius 2 is 2.00 bits per heavy atom. The van der Waals surface area contributed by atoms with Crippen molar-refractivity contribution in [3.8, 4) is 0 Å². The molecule has 2 aliphatic heterocycles. The van der Waals surface area contributed by atoms with Crippen LogP contribution < -0.4 is 4.90 Å². The summed E-state index contributed by atoms with van der Waals surface area (Å²) >= 11 is 0. The largest absolute Gasteiger partial charge is 0.378 e. The fraction of sp³-hybridized carbons (Fsp3) is 0.647. The van der Waals surface area contributed by atoms with Gasteiger partial charge in [0.2, 0.25) is 5.91 Å². The Morgan fingerprint density at radius 1 is 1.27 bits per heavy atom. The number of ether oxygens (including phenoxy) is 1. The lowest BCUT2D eigenvalue weighted by Gasteiger charge is -2.34. The molecule has 0 saturated carbocycles. The lowest BCUT2D eigenvalue weighted by Crippen LogP contribution is -2.42. The SMILES string of the molecule is Cc1ccnc(N2CCC(CC(=O)N3CCOCC3)CC2)c1. The van der Waals surface area contributed by atoms with Crippen LogP contribution >= 0.6 is 0 Å². The molecule has 0 aromatic carbocycles. The van der Waals surface area contributed by atoms with Gasteiger partial charge in [0.15, 0.2) is 0 Å². The minimum absolute atomic E-state index is 0.301. The molecule has 0 radical (unpaired) electrons. The highest BCUT2D eigenvalue weighted by Crippen LogP contribution is 2.25. The minimum Gasteiger partial charge on any atom is -0.378 e. The van der Waals surface area contributed by atoms with E-state index in [1.54, 1.807) is 0 Å². The highest BCUT2D eigenvalue weighted by atomic mass is 16.5. The number of aromatic nitrogens is 1. The van der Waals surface area contributed by atoms with Gasteiger partial charge in [0.05, 0.1) is 13.2 Å². The molecule has 0 unspecified atom stereocenters. The molecule has 2 fully saturated rings. The summed E-state index contributed by atoms with van der Waals surface area (Å²) in [5.41, 5.74) is 1.25. The van der Waals surface area contributed by atoms with E-state index >= 15 is 0 Å². The summed E-state index contributed by atoms with van der Waals surface area (Å²) in [4.78, 5) is 21.1. The molecule has 0 bridgehead atoms. The fourth-order valence-electron chi connectivity index (χ4n) is 3.25. The first-order valence-corrected chi connectivity index (χ1v) is 8.25. The van der Waals surface area contributed by atoms with Gasteiger partial charge in [-0.25, -0.2) is 4.98 Å². The fourth-order valence-corrected chi connectivity index (χ4v) is 3.25. The third kappa shape index (κ3) is 3.77. The number of hydrogen-bond donors (Lipinski definition) is 0. The summed E-state index contributed by atoms with van der Waals surface area (Å²) in [7, 11) is 0. The minimum atomic E-state index is 0.301. The van der Waals surface area contributed by atoms with Crippen molar-refractivity contribution < 1.29 is 9.53 Å². The van der Waals surface area contributed by atoms with Gasteiger partial charge in [0.25, 0.3) is 0 Å². The molecule has 5 nitrogen and oxygen atoms in total. The predicted molar refractivity (Wildman–Crippen MR) is 85.9 cm³/mol. The normalized spacial score (nSPS) is 20.2. The Morgan fingerprint density at radius 3 is 2.68 bits per heavy atom. The van der Waals surface area contributed by atoms with Gasteiger partial charge < -0.3 is 14.5 Å². The number of carbonyl (C=O) groups excluding carboxylic acids is 1. The number of carbonyl (C=O) groups is 1. The molecule has 0 N–H and O–H groups in total. The molecule has 5 heteroatoms. The van der Waals surface area contributed by atoms with Gasteiger partial charge in [0, 0.05) is 38.8 Å². The maximum Gasteiger partial charge on any atom is 0.223 e. The number of piperidine rings is 1. The number of rotatable bonds is 3. The summed E-state index contributed by atoms with van der Waals surface area (Å²) in [6, 6.07) is 4.16. The van der Waals surface area contributed by atoms with E-state index in [0.29, 0.717) is 31.5 Å². The molecule has 0 aliphatic carbocycles. The monoisotopic (exact) mass is 303 g/mol. The Balaban J connectivity index is 1.48. The van der Waals surface area contributed by atoms with Crippen LogP contribution in [0.5, 0.6) is 0 Å². The summed E-state index contributed by atoms with van der Waals surface area (Å²) in [6.45, 7) is 6.97. The van der Waals surface area contributed by atoms with Crippen molar-refractivity contribution in [2.24, 2.45) is 5.92 Å². The van der Waals surface area contributed by atoms with E-state index in [1.807, 2.05) is 17.2 Å². The zero-order chi connectivity index (χ0) is 15.4. The van der Waals surface area contributed by atoms with Crippen molar-refractivity contribution in [3.63, 3.8) is 0 Å². The molecule has 120 valence electrons. The van der Waals surface area contributed by atoms with Crippen LogP contribution in [0, 0.1) is 12.8 Å². The topological polar surface area (TPSA) is 45.7 Å². The first-order chi connectivity index (χ1) is 10.7. The molecule has 1 amide bonds. The van der Waals surface area contributed by atoms with Crippen LogP contribution in [-0.4, -0.2) is 55.2 Å². The van der Waals surface area contributed by atoms with E-state index in [4.69, 9.17) is 4.74 Å². The van der Waals surface area contributed by atoms with E-state index in [9.17, 15) is 4.79 Å². The number of morpholine rings is 1. The van der Waals surface area contributed by atoms with Gasteiger partial charge in [-0.05, 0) is 43.4 Å². The smallest absolute Gasteiger partial charge is 0.223 e. The summed E-state index contributed by atoms with van der Waals surface area (Å²) < 4.78 is 5.31. The average Bonchev–Trinajstić information content (AvgIpc) is 2.56. The molecule has 22 heavy (non-hydrogen) atoms. The standard InChI is InChI=1S/C17H25N3O2/c1-14-2-5-18-16(12-14)19-6-3-15(4-7-19)13-17(21)20-8-10-22-11-9-20/h2,5,12,15H,3-4,6-11,13H2,1H3. The lowest BCUT2D eigenvalue weighted by molar-refractivity contribution is -0.136. The van der Waals surface area contributed by atoms with Crippen LogP contribution in [0.15, 0.2) is 18.3 Å². The Labute approximate surface area is 132 Å². The van der Waals surface area contributed by atoms with Gasteiger partial charge in [-0.2, -0.15) is 0 Å². The molecule has 0 spiro atoms. The number of anilines is 1. The molecule has 3 rings (SSSR count). The second-order valence-electron chi connectivity index (χ2n) is 6.32. The van der Waals surface area contributed by atoms with Crippen molar-refractivity contribution in [2.75, 3.05) is 44.3 Å². The van der Waals surface area contributed by atoms with Crippen molar-refractivity contribution >= 4 is 11.7 Å². The Kier molecular flexibility index (Phi) is 4.93. The summed E-state index contributed by atoms with van der Waals surface area (Å²) in [5, 5.41) is 0. The second-order valence-corrected chi connectivity index (χ2v) is 6.32. The maximum absolute atomic E-state index is 12.3. The van der Waals surface area contributed by atoms with Gasteiger partial charge in [-0.15, -0.1) is 0 Å². The lowest BCUT2D eigenvalue weighted by atomic mass is 9.93. The number of aryl methyl sites for hydroxylation is 1. The molecule has 0 atom stereocenters. The molecular formula is C17H25N3O2. The van der Waals surface area contributed by atoms with Crippen LogP contribution in [0.4, 0.5) is 5.82 Å². The number of amides is 1. The summed E-state index contributed by atoms with van der Waals surface area (Å²) in [5.74, 6) is 1.88. The van der Waals surface area contributed by atoms with E-state index in [-0.39, 0.29) is 0 Å². The van der Waals surface area contributed by atoms with Crippen LogP contribution in [0.1, 0.15) is 24.8 Å². The maximum atomic E-state index is 12.3. The second kappa shape index (κ2) is 7.09. The van der Waals surface area contributed by atoms with Crippen LogP contribution in [0.3, 0.4) is 0 Å². The van der Waals surface area contributed by atoms with Gasteiger partial charge in [0.1, 0.15) is 5.82 Å².